The summed E-state index contributed by atoms with van der Waals surface area (Å²) < 4.78 is 38.6. The largest absolute Gasteiger partial charge is 0.417 e. The highest BCUT2D eigenvalue weighted by atomic mass is 79.9. The van der Waals surface area contributed by atoms with Crippen LogP contribution in [0, 0.1) is 0 Å². The van der Waals surface area contributed by atoms with E-state index in [0.717, 1.165) is 12.1 Å². The quantitative estimate of drug-likeness (QED) is 0.835. The van der Waals surface area contributed by atoms with Crippen molar-refractivity contribution in [2.45, 2.75) is 6.18 Å². The summed E-state index contributed by atoms with van der Waals surface area (Å²) in [4.78, 5) is 11.6. The molecule has 0 heterocycles. The Kier molecular flexibility index (Phi) is 5.15. The zero-order chi connectivity index (χ0) is 13.8. The van der Waals surface area contributed by atoms with Gasteiger partial charge in [-0.25, -0.2) is 0 Å². The molecule has 0 atom stereocenters. The van der Waals surface area contributed by atoms with E-state index in [2.05, 4.69) is 26.6 Å². The van der Waals surface area contributed by atoms with Crippen molar-refractivity contribution >= 4 is 21.8 Å². The summed E-state index contributed by atoms with van der Waals surface area (Å²) in [6.45, 7) is 0.756. The molecule has 7 heteroatoms. The summed E-state index contributed by atoms with van der Waals surface area (Å²) in [5.74, 6) is -0.731. The van der Waals surface area contributed by atoms with Crippen molar-refractivity contribution in [3.05, 3.63) is 33.8 Å². The standard InChI is InChI=1S/C11H12BrF3N2O/c1-16-4-5-17-10(18)8-3-2-7(12)6-9(8)11(13,14)15/h2-3,6,16H,4-5H2,1H3,(H,17,18). The van der Waals surface area contributed by atoms with Crippen molar-refractivity contribution in [2.24, 2.45) is 0 Å². The predicted molar refractivity (Wildman–Crippen MR) is 65.4 cm³/mol. The Hall–Kier alpha value is -1.08. The van der Waals surface area contributed by atoms with Gasteiger partial charge in [-0.3, -0.25) is 4.79 Å². The number of carbonyl (C=O) groups excluding carboxylic acids is 1. The Morgan fingerprint density at radius 1 is 1.33 bits per heavy atom. The first-order chi connectivity index (χ1) is 8.36. The Bertz CT molecular complexity index is 435. The van der Waals surface area contributed by atoms with Crippen LogP contribution in [0.3, 0.4) is 0 Å². The van der Waals surface area contributed by atoms with Gasteiger partial charge in [0.15, 0.2) is 0 Å². The molecule has 1 amide bonds. The molecule has 0 aliphatic rings. The molecule has 0 aliphatic carbocycles. The molecule has 100 valence electrons. The van der Waals surface area contributed by atoms with Crippen LogP contribution < -0.4 is 10.6 Å². The first-order valence-corrected chi connectivity index (χ1v) is 5.95. The van der Waals surface area contributed by atoms with Gasteiger partial charge in [0.2, 0.25) is 0 Å². The number of hydrogen-bond acceptors (Lipinski definition) is 2. The smallest absolute Gasteiger partial charge is 0.351 e. The molecule has 18 heavy (non-hydrogen) atoms. The van der Waals surface area contributed by atoms with Gasteiger partial charge in [-0.1, -0.05) is 15.9 Å². The molecular formula is C11H12BrF3N2O. The lowest BCUT2D eigenvalue weighted by molar-refractivity contribution is -0.138. The molecule has 0 fully saturated rings. The average Bonchev–Trinajstić information content (AvgIpc) is 2.28. The third-order valence-electron chi connectivity index (χ3n) is 2.19. The van der Waals surface area contributed by atoms with E-state index >= 15 is 0 Å². The van der Waals surface area contributed by atoms with Crippen LogP contribution in [-0.2, 0) is 6.18 Å². The topological polar surface area (TPSA) is 41.1 Å². The molecule has 1 aromatic rings. The van der Waals surface area contributed by atoms with Gasteiger partial charge in [0.1, 0.15) is 0 Å². The number of rotatable bonds is 4. The van der Waals surface area contributed by atoms with Gasteiger partial charge in [-0.15, -0.1) is 0 Å². The average molecular weight is 325 g/mol. The number of halogens is 4. The fraction of sp³-hybridized carbons (Fsp3) is 0.364. The van der Waals surface area contributed by atoms with E-state index in [-0.39, 0.29) is 16.6 Å². The Labute approximate surface area is 111 Å². The molecule has 2 N–H and O–H groups in total. The number of hydrogen-bond donors (Lipinski definition) is 2. The number of likely N-dealkylation sites (N-methyl/N-ethyl adjacent to an activating group) is 1. The molecule has 0 aliphatic heterocycles. The second kappa shape index (κ2) is 6.19. The summed E-state index contributed by atoms with van der Waals surface area (Å²) in [5, 5.41) is 5.20. The lowest BCUT2D eigenvalue weighted by Crippen LogP contribution is -2.31. The van der Waals surface area contributed by atoms with Crippen molar-refractivity contribution in [2.75, 3.05) is 20.1 Å². The van der Waals surface area contributed by atoms with Crippen molar-refractivity contribution in [1.82, 2.24) is 10.6 Å². The van der Waals surface area contributed by atoms with E-state index in [9.17, 15) is 18.0 Å². The van der Waals surface area contributed by atoms with Gasteiger partial charge in [0.25, 0.3) is 5.91 Å². The summed E-state index contributed by atoms with van der Waals surface area (Å²) in [6, 6.07) is 3.46. The summed E-state index contributed by atoms with van der Waals surface area (Å²) >= 11 is 2.96. The minimum Gasteiger partial charge on any atom is -0.351 e. The van der Waals surface area contributed by atoms with E-state index < -0.39 is 17.6 Å². The third kappa shape index (κ3) is 3.99. The van der Waals surface area contributed by atoms with Gasteiger partial charge >= 0.3 is 6.18 Å². The zero-order valence-corrected chi connectivity index (χ0v) is 11.2. The van der Waals surface area contributed by atoms with Crippen molar-refractivity contribution in [3.63, 3.8) is 0 Å². The van der Waals surface area contributed by atoms with Gasteiger partial charge in [0, 0.05) is 17.6 Å². The maximum Gasteiger partial charge on any atom is 0.417 e. The molecule has 0 bridgehead atoms. The molecule has 0 spiro atoms. The van der Waals surface area contributed by atoms with Gasteiger partial charge in [-0.2, -0.15) is 13.2 Å². The van der Waals surface area contributed by atoms with Crippen LogP contribution in [0.2, 0.25) is 0 Å². The highest BCUT2D eigenvalue weighted by Crippen LogP contribution is 2.33. The summed E-state index contributed by atoms with van der Waals surface area (Å²) in [5.41, 5.74) is -1.32. The number of amides is 1. The highest BCUT2D eigenvalue weighted by molar-refractivity contribution is 9.10. The molecule has 1 aromatic carbocycles. The normalized spacial score (nSPS) is 11.4. The molecular weight excluding hydrogens is 313 g/mol. The zero-order valence-electron chi connectivity index (χ0n) is 9.57. The molecule has 0 saturated heterocycles. The highest BCUT2D eigenvalue weighted by Gasteiger charge is 2.35. The second-order valence-corrected chi connectivity index (χ2v) is 4.46. The first kappa shape index (κ1) is 15.0. The molecule has 0 radical (unpaired) electrons. The van der Waals surface area contributed by atoms with Crippen LogP contribution >= 0.6 is 15.9 Å². The van der Waals surface area contributed by atoms with E-state index in [1.807, 2.05) is 0 Å². The van der Waals surface area contributed by atoms with E-state index in [1.54, 1.807) is 7.05 Å². The minimum atomic E-state index is -4.56. The number of nitrogens with one attached hydrogen (secondary N) is 2. The molecule has 1 rings (SSSR count). The van der Waals surface area contributed by atoms with Crippen LogP contribution in [0.1, 0.15) is 15.9 Å². The molecule has 0 aromatic heterocycles. The maximum atomic E-state index is 12.8. The fourth-order valence-electron chi connectivity index (χ4n) is 1.35. The van der Waals surface area contributed by atoms with Crippen LogP contribution in [0.5, 0.6) is 0 Å². The van der Waals surface area contributed by atoms with E-state index in [0.29, 0.717) is 6.54 Å². The monoisotopic (exact) mass is 324 g/mol. The minimum absolute atomic E-state index is 0.267. The van der Waals surface area contributed by atoms with Crippen molar-refractivity contribution in [1.29, 1.82) is 0 Å². The lowest BCUT2D eigenvalue weighted by atomic mass is 10.1. The van der Waals surface area contributed by atoms with Crippen molar-refractivity contribution < 1.29 is 18.0 Å². The van der Waals surface area contributed by atoms with Crippen LogP contribution in [0.25, 0.3) is 0 Å². The third-order valence-corrected chi connectivity index (χ3v) is 2.69. The van der Waals surface area contributed by atoms with E-state index in [4.69, 9.17) is 0 Å². The van der Waals surface area contributed by atoms with Gasteiger partial charge in [0.05, 0.1) is 11.1 Å². The SMILES string of the molecule is CNCCNC(=O)c1ccc(Br)cc1C(F)(F)F. The number of carbonyl (C=O) groups is 1. The van der Waals surface area contributed by atoms with Gasteiger partial charge < -0.3 is 10.6 Å². The number of alkyl halides is 3. The second-order valence-electron chi connectivity index (χ2n) is 3.55. The van der Waals surface area contributed by atoms with Crippen LogP contribution in [-0.4, -0.2) is 26.0 Å². The molecule has 0 saturated carbocycles. The predicted octanol–water partition coefficient (Wildman–Crippen LogP) is 2.42. The van der Waals surface area contributed by atoms with Crippen LogP contribution in [0.15, 0.2) is 22.7 Å². The maximum absolute atomic E-state index is 12.8. The Balaban J connectivity index is 2.97. The van der Waals surface area contributed by atoms with E-state index in [1.165, 1.54) is 6.07 Å². The Morgan fingerprint density at radius 3 is 2.56 bits per heavy atom. The van der Waals surface area contributed by atoms with Crippen molar-refractivity contribution in [3.8, 4) is 0 Å². The van der Waals surface area contributed by atoms with Gasteiger partial charge in [-0.05, 0) is 25.2 Å². The summed E-state index contributed by atoms with van der Waals surface area (Å²) in [7, 11) is 1.69. The summed E-state index contributed by atoms with van der Waals surface area (Å²) in [6.07, 6.45) is -4.56. The van der Waals surface area contributed by atoms with Crippen LogP contribution in [0.4, 0.5) is 13.2 Å². The lowest BCUT2D eigenvalue weighted by Gasteiger charge is -2.13. The molecule has 0 unspecified atom stereocenters. The molecule has 3 nitrogen and oxygen atoms in total. The number of benzene rings is 1. The Morgan fingerprint density at radius 2 is 2.00 bits per heavy atom. The first-order valence-electron chi connectivity index (χ1n) is 5.16. The fourth-order valence-corrected chi connectivity index (χ4v) is 1.71.